The summed E-state index contributed by atoms with van der Waals surface area (Å²) in [6, 6.07) is 1.55. The highest BCUT2D eigenvalue weighted by molar-refractivity contribution is 7.89. The molecular weight excluding hydrogens is 270 g/mol. The SMILES string of the molecule is CC(C)C1(CNS(=O)(=O)c2ccsc2CO)CC1. The molecule has 0 aromatic carbocycles. The van der Waals surface area contributed by atoms with Crippen LogP contribution in [0.2, 0.25) is 0 Å². The minimum absolute atomic E-state index is 0.141. The Balaban J connectivity index is 2.09. The molecule has 0 bridgehead atoms. The van der Waals surface area contributed by atoms with Crippen molar-refractivity contribution in [2.24, 2.45) is 11.3 Å². The topological polar surface area (TPSA) is 66.4 Å². The fourth-order valence-corrected chi connectivity index (χ4v) is 4.55. The van der Waals surface area contributed by atoms with Crippen molar-refractivity contribution < 1.29 is 13.5 Å². The van der Waals surface area contributed by atoms with Gasteiger partial charge in [-0.25, -0.2) is 13.1 Å². The standard InChI is InChI=1S/C12H19NO3S2/c1-9(2)12(4-5-12)8-13-18(15,16)11-3-6-17-10(11)7-14/h3,6,9,13-14H,4-5,7-8H2,1-2H3. The summed E-state index contributed by atoms with van der Waals surface area (Å²) in [5, 5.41) is 10.8. The maximum absolute atomic E-state index is 12.2. The highest BCUT2D eigenvalue weighted by Crippen LogP contribution is 2.51. The van der Waals surface area contributed by atoms with E-state index in [1.165, 1.54) is 11.3 Å². The average Bonchev–Trinajstić information content (AvgIpc) is 2.96. The molecule has 1 aromatic rings. The predicted molar refractivity (Wildman–Crippen MR) is 71.9 cm³/mol. The van der Waals surface area contributed by atoms with Crippen molar-refractivity contribution >= 4 is 21.4 Å². The molecule has 1 fully saturated rings. The first kappa shape index (κ1) is 14.0. The van der Waals surface area contributed by atoms with Crippen LogP contribution in [0.3, 0.4) is 0 Å². The van der Waals surface area contributed by atoms with Gasteiger partial charge in [-0.05, 0) is 35.6 Å². The van der Waals surface area contributed by atoms with Crippen LogP contribution in [0, 0.1) is 11.3 Å². The lowest BCUT2D eigenvalue weighted by Gasteiger charge is -2.20. The van der Waals surface area contributed by atoms with E-state index in [2.05, 4.69) is 18.6 Å². The summed E-state index contributed by atoms with van der Waals surface area (Å²) in [7, 11) is -3.49. The largest absolute Gasteiger partial charge is 0.391 e. The van der Waals surface area contributed by atoms with Gasteiger partial charge in [0.25, 0.3) is 0 Å². The van der Waals surface area contributed by atoms with Crippen LogP contribution in [0.5, 0.6) is 0 Å². The number of sulfonamides is 1. The third-order valence-corrected chi connectivity index (χ3v) is 6.39. The fraction of sp³-hybridized carbons (Fsp3) is 0.667. The van der Waals surface area contributed by atoms with Gasteiger partial charge in [-0.2, -0.15) is 0 Å². The van der Waals surface area contributed by atoms with E-state index in [1.54, 1.807) is 11.4 Å². The Morgan fingerprint density at radius 3 is 2.67 bits per heavy atom. The van der Waals surface area contributed by atoms with Crippen LogP contribution in [0.1, 0.15) is 31.6 Å². The molecule has 0 atom stereocenters. The lowest BCUT2D eigenvalue weighted by atomic mass is 9.93. The Morgan fingerprint density at radius 1 is 1.50 bits per heavy atom. The highest BCUT2D eigenvalue weighted by atomic mass is 32.2. The molecule has 2 N–H and O–H groups in total. The molecule has 2 rings (SSSR count). The second-order valence-corrected chi connectivity index (χ2v) is 7.94. The summed E-state index contributed by atoms with van der Waals surface area (Å²) < 4.78 is 27.0. The van der Waals surface area contributed by atoms with Crippen molar-refractivity contribution in [2.75, 3.05) is 6.54 Å². The second kappa shape index (κ2) is 4.92. The van der Waals surface area contributed by atoms with E-state index < -0.39 is 10.0 Å². The minimum Gasteiger partial charge on any atom is -0.391 e. The molecule has 1 aromatic heterocycles. The Kier molecular flexibility index (Phi) is 3.82. The monoisotopic (exact) mass is 289 g/mol. The van der Waals surface area contributed by atoms with Crippen molar-refractivity contribution in [3.05, 3.63) is 16.3 Å². The number of rotatable bonds is 6. The van der Waals surface area contributed by atoms with Crippen molar-refractivity contribution in [3.8, 4) is 0 Å². The number of nitrogens with one attached hydrogen (secondary N) is 1. The number of aliphatic hydroxyl groups is 1. The zero-order valence-corrected chi connectivity index (χ0v) is 12.3. The molecule has 0 aliphatic heterocycles. The molecule has 0 saturated heterocycles. The molecule has 4 nitrogen and oxygen atoms in total. The molecule has 0 amide bonds. The van der Waals surface area contributed by atoms with E-state index in [0.717, 1.165) is 12.8 Å². The average molecular weight is 289 g/mol. The maximum Gasteiger partial charge on any atom is 0.241 e. The zero-order valence-electron chi connectivity index (χ0n) is 10.6. The molecule has 1 aliphatic rings. The van der Waals surface area contributed by atoms with Gasteiger partial charge in [0.2, 0.25) is 10.0 Å². The molecule has 0 radical (unpaired) electrons. The van der Waals surface area contributed by atoms with Crippen LogP contribution in [0.4, 0.5) is 0 Å². The van der Waals surface area contributed by atoms with Gasteiger partial charge < -0.3 is 5.11 Å². The fourth-order valence-electron chi connectivity index (χ4n) is 2.12. The molecule has 18 heavy (non-hydrogen) atoms. The first-order valence-corrected chi connectivity index (χ1v) is 8.44. The summed E-state index contributed by atoms with van der Waals surface area (Å²) in [6.07, 6.45) is 2.17. The minimum atomic E-state index is -3.49. The van der Waals surface area contributed by atoms with E-state index >= 15 is 0 Å². The maximum atomic E-state index is 12.2. The summed E-state index contributed by atoms with van der Waals surface area (Å²) in [6.45, 7) is 4.52. The first-order chi connectivity index (χ1) is 8.41. The molecule has 0 spiro atoms. The normalized spacial score (nSPS) is 18.2. The van der Waals surface area contributed by atoms with Gasteiger partial charge in [0.1, 0.15) is 0 Å². The number of hydrogen-bond acceptors (Lipinski definition) is 4. The molecule has 1 saturated carbocycles. The van der Waals surface area contributed by atoms with Gasteiger partial charge in [0.15, 0.2) is 0 Å². The first-order valence-electron chi connectivity index (χ1n) is 6.08. The molecule has 1 aliphatic carbocycles. The van der Waals surface area contributed by atoms with Gasteiger partial charge in [-0.1, -0.05) is 13.8 Å². The third kappa shape index (κ3) is 2.61. The van der Waals surface area contributed by atoms with Gasteiger partial charge in [-0.3, -0.25) is 0 Å². The van der Waals surface area contributed by atoms with Crippen molar-refractivity contribution in [1.82, 2.24) is 4.72 Å². The van der Waals surface area contributed by atoms with Crippen LogP contribution >= 0.6 is 11.3 Å². The Bertz CT molecular complexity index is 515. The van der Waals surface area contributed by atoms with E-state index in [0.29, 0.717) is 17.3 Å². The summed E-state index contributed by atoms with van der Waals surface area (Å²) in [5.41, 5.74) is 0.141. The number of hydrogen-bond donors (Lipinski definition) is 2. The summed E-state index contributed by atoms with van der Waals surface area (Å²) in [5.74, 6) is 0.486. The molecule has 102 valence electrons. The van der Waals surface area contributed by atoms with Gasteiger partial charge >= 0.3 is 0 Å². The van der Waals surface area contributed by atoms with Crippen LogP contribution in [0.15, 0.2) is 16.3 Å². The molecule has 6 heteroatoms. The number of thiophene rings is 1. The smallest absolute Gasteiger partial charge is 0.241 e. The predicted octanol–water partition coefficient (Wildman–Crippen LogP) is 1.95. The van der Waals surface area contributed by atoms with Gasteiger partial charge in [0.05, 0.1) is 11.5 Å². The van der Waals surface area contributed by atoms with Crippen LogP contribution < -0.4 is 4.72 Å². The molecular formula is C12H19NO3S2. The van der Waals surface area contributed by atoms with E-state index in [4.69, 9.17) is 5.11 Å². The number of aliphatic hydroxyl groups excluding tert-OH is 1. The molecule has 1 heterocycles. The van der Waals surface area contributed by atoms with E-state index in [-0.39, 0.29) is 16.9 Å². The van der Waals surface area contributed by atoms with E-state index in [1.807, 2.05) is 0 Å². The Hall–Kier alpha value is -0.430. The Morgan fingerprint density at radius 2 is 2.17 bits per heavy atom. The second-order valence-electron chi connectivity index (χ2n) is 5.21. The van der Waals surface area contributed by atoms with Gasteiger partial charge in [-0.15, -0.1) is 11.3 Å². The quantitative estimate of drug-likeness (QED) is 0.841. The Labute approximate surface area is 112 Å². The van der Waals surface area contributed by atoms with Crippen LogP contribution in [0.25, 0.3) is 0 Å². The lowest BCUT2D eigenvalue weighted by Crippen LogP contribution is -2.32. The lowest BCUT2D eigenvalue weighted by molar-refractivity contribution is 0.282. The highest BCUT2D eigenvalue weighted by Gasteiger charge is 2.45. The summed E-state index contributed by atoms with van der Waals surface area (Å²) in [4.78, 5) is 0.714. The van der Waals surface area contributed by atoms with Crippen molar-refractivity contribution in [2.45, 2.75) is 38.2 Å². The summed E-state index contributed by atoms with van der Waals surface area (Å²) >= 11 is 1.26. The van der Waals surface area contributed by atoms with E-state index in [9.17, 15) is 8.42 Å². The third-order valence-electron chi connectivity index (χ3n) is 3.87. The van der Waals surface area contributed by atoms with Crippen LogP contribution in [-0.4, -0.2) is 20.1 Å². The van der Waals surface area contributed by atoms with Gasteiger partial charge in [0, 0.05) is 11.4 Å². The van der Waals surface area contributed by atoms with Crippen molar-refractivity contribution in [1.29, 1.82) is 0 Å². The zero-order chi connectivity index (χ0) is 13.4. The molecule has 0 unspecified atom stereocenters. The van der Waals surface area contributed by atoms with Crippen molar-refractivity contribution in [3.63, 3.8) is 0 Å². The van der Waals surface area contributed by atoms with Crippen LogP contribution in [-0.2, 0) is 16.6 Å².